The largest absolute Gasteiger partial charge is 0.481 e. The molecule has 4 aromatic rings. The highest BCUT2D eigenvalue weighted by molar-refractivity contribution is 7.21. The minimum absolute atomic E-state index is 0.212. The number of amides is 2. The highest BCUT2D eigenvalue weighted by Crippen LogP contribution is 2.35. The van der Waals surface area contributed by atoms with Crippen LogP contribution in [0.2, 0.25) is 0 Å². The lowest BCUT2D eigenvalue weighted by Gasteiger charge is -2.20. The van der Waals surface area contributed by atoms with Gasteiger partial charge in [-0.25, -0.2) is 9.50 Å². The smallest absolute Gasteiger partial charge is 0.260 e. The van der Waals surface area contributed by atoms with Crippen LogP contribution in [0, 0.1) is 6.92 Å². The zero-order valence-corrected chi connectivity index (χ0v) is 21.8. The summed E-state index contributed by atoms with van der Waals surface area (Å²) in [6.07, 6.45) is 8.98. The Kier molecular flexibility index (Phi) is 7.15. The predicted molar refractivity (Wildman–Crippen MR) is 142 cm³/mol. The molecule has 1 saturated heterocycles. The first-order chi connectivity index (χ1) is 17.9. The second-order valence-electron chi connectivity index (χ2n) is 9.06. The third kappa shape index (κ3) is 5.18. The molecule has 192 valence electrons. The number of ether oxygens (including phenoxy) is 1. The summed E-state index contributed by atoms with van der Waals surface area (Å²) in [6.45, 7) is 6.46. The third-order valence-corrected chi connectivity index (χ3v) is 7.79. The number of methoxy groups -OCH3 is 1. The molecular formula is C26H29N7O3S. The normalized spacial score (nSPS) is 15.7. The van der Waals surface area contributed by atoms with Crippen LogP contribution in [0.4, 0.5) is 5.69 Å². The molecule has 1 fully saturated rings. The lowest BCUT2D eigenvalue weighted by molar-refractivity contribution is 0.0946. The molecule has 1 aliphatic rings. The summed E-state index contributed by atoms with van der Waals surface area (Å²) in [6, 6.07) is 5.96. The van der Waals surface area contributed by atoms with Gasteiger partial charge in [0, 0.05) is 37.7 Å². The molecule has 2 N–H and O–H groups in total. The van der Waals surface area contributed by atoms with Crippen molar-refractivity contribution >= 4 is 33.7 Å². The van der Waals surface area contributed by atoms with Crippen LogP contribution in [0.25, 0.3) is 15.3 Å². The van der Waals surface area contributed by atoms with Gasteiger partial charge in [0.05, 0.1) is 46.3 Å². The van der Waals surface area contributed by atoms with Crippen LogP contribution in [0.1, 0.15) is 46.2 Å². The average molecular weight is 520 g/mol. The predicted octanol–water partition coefficient (Wildman–Crippen LogP) is 3.64. The number of likely N-dealkylation sites (tertiary alicyclic amines) is 1. The van der Waals surface area contributed by atoms with Gasteiger partial charge in [-0.1, -0.05) is 0 Å². The lowest BCUT2D eigenvalue weighted by Crippen LogP contribution is -2.36. The van der Waals surface area contributed by atoms with E-state index in [0.717, 1.165) is 23.5 Å². The molecule has 37 heavy (non-hydrogen) atoms. The number of hydrogen-bond acceptors (Lipinski definition) is 8. The fourth-order valence-electron chi connectivity index (χ4n) is 4.52. The zero-order chi connectivity index (χ0) is 25.9. The quantitative estimate of drug-likeness (QED) is 0.365. The number of anilines is 1. The van der Waals surface area contributed by atoms with Gasteiger partial charge in [-0.05, 0) is 51.4 Å². The van der Waals surface area contributed by atoms with Gasteiger partial charge in [0.1, 0.15) is 4.83 Å². The molecule has 0 saturated carbocycles. The maximum atomic E-state index is 13.2. The van der Waals surface area contributed by atoms with Crippen molar-refractivity contribution < 1.29 is 14.3 Å². The van der Waals surface area contributed by atoms with Crippen LogP contribution >= 0.6 is 11.3 Å². The summed E-state index contributed by atoms with van der Waals surface area (Å²) in [4.78, 5) is 38.5. The Morgan fingerprint density at radius 2 is 2.11 bits per heavy atom. The van der Waals surface area contributed by atoms with Crippen LogP contribution in [-0.2, 0) is 0 Å². The summed E-state index contributed by atoms with van der Waals surface area (Å²) in [7, 11) is 1.57. The second kappa shape index (κ2) is 10.7. The maximum absolute atomic E-state index is 13.2. The second-order valence-corrected chi connectivity index (χ2v) is 10.1. The van der Waals surface area contributed by atoms with Crippen LogP contribution < -0.4 is 15.4 Å². The van der Waals surface area contributed by atoms with Gasteiger partial charge in [-0.2, -0.15) is 5.10 Å². The lowest BCUT2D eigenvalue weighted by atomic mass is 10.2. The van der Waals surface area contributed by atoms with Crippen molar-refractivity contribution in [2.24, 2.45) is 0 Å². The molecule has 0 aliphatic carbocycles. The fourth-order valence-corrected chi connectivity index (χ4v) is 5.60. The highest BCUT2D eigenvalue weighted by Gasteiger charge is 2.21. The van der Waals surface area contributed by atoms with Crippen molar-refractivity contribution in [3.8, 4) is 16.3 Å². The number of carbonyl (C=O) groups is 2. The van der Waals surface area contributed by atoms with E-state index in [1.54, 1.807) is 30.8 Å². The van der Waals surface area contributed by atoms with Crippen molar-refractivity contribution in [2.75, 3.05) is 32.1 Å². The van der Waals surface area contributed by atoms with Crippen LogP contribution in [0.5, 0.6) is 5.88 Å². The Morgan fingerprint density at radius 3 is 2.89 bits per heavy atom. The summed E-state index contributed by atoms with van der Waals surface area (Å²) in [5.41, 5.74) is 2.75. The van der Waals surface area contributed by atoms with Crippen molar-refractivity contribution in [1.29, 1.82) is 0 Å². The van der Waals surface area contributed by atoms with Crippen LogP contribution in [-0.4, -0.2) is 69.1 Å². The number of hydrogen-bond donors (Lipinski definition) is 2. The van der Waals surface area contributed by atoms with Gasteiger partial charge in [0.2, 0.25) is 5.88 Å². The number of pyridine rings is 2. The number of thiazole rings is 1. The average Bonchev–Trinajstić information content (AvgIpc) is 3.61. The van der Waals surface area contributed by atoms with E-state index in [0.29, 0.717) is 45.8 Å². The van der Waals surface area contributed by atoms with Gasteiger partial charge in [-0.3, -0.25) is 19.5 Å². The first kappa shape index (κ1) is 24.8. The van der Waals surface area contributed by atoms with E-state index in [9.17, 15) is 9.59 Å². The molecule has 1 aliphatic heterocycles. The van der Waals surface area contributed by atoms with E-state index in [-0.39, 0.29) is 11.8 Å². The Balaban J connectivity index is 1.30. The molecule has 5 heterocycles. The number of aromatic nitrogens is 4. The SMILES string of the molecule is COc1ncccc1-c1cn2ncc(C(=O)Nc3cc(C(=O)NCCN4CCC[C@@H]4C)cnc3C)c2s1. The molecule has 0 bridgehead atoms. The zero-order valence-electron chi connectivity index (χ0n) is 21.0. The van der Waals surface area contributed by atoms with Gasteiger partial charge in [0.25, 0.3) is 11.8 Å². The van der Waals surface area contributed by atoms with Gasteiger partial charge in [0.15, 0.2) is 0 Å². The highest BCUT2D eigenvalue weighted by atomic mass is 32.1. The van der Waals surface area contributed by atoms with Gasteiger partial charge < -0.3 is 15.4 Å². The number of carbonyl (C=O) groups excluding carboxylic acids is 2. The maximum Gasteiger partial charge on any atom is 0.260 e. The molecule has 0 radical (unpaired) electrons. The van der Waals surface area contributed by atoms with Crippen LogP contribution in [0.3, 0.4) is 0 Å². The molecule has 4 aromatic heterocycles. The third-order valence-electron chi connectivity index (χ3n) is 6.64. The van der Waals surface area contributed by atoms with Gasteiger partial charge >= 0.3 is 0 Å². The minimum atomic E-state index is -0.327. The summed E-state index contributed by atoms with van der Waals surface area (Å²) in [5, 5.41) is 10.2. The van der Waals surface area contributed by atoms with E-state index in [4.69, 9.17) is 4.74 Å². The number of fused-ring (bicyclic) bond motifs is 1. The van der Waals surface area contributed by atoms with Crippen molar-refractivity contribution in [2.45, 2.75) is 32.7 Å². The molecule has 0 aromatic carbocycles. The van der Waals surface area contributed by atoms with Crippen LogP contribution in [0.15, 0.2) is 43.0 Å². The molecular weight excluding hydrogens is 490 g/mol. The molecule has 1 atom stereocenters. The molecule has 0 unspecified atom stereocenters. The minimum Gasteiger partial charge on any atom is -0.481 e. The summed E-state index contributed by atoms with van der Waals surface area (Å²) >= 11 is 1.42. The fraction of sp³-hybridized carbons (Fsp3) is 0.346. The number of aryl methyl sites for hydroxylation is 1. The molecule has 0 spiro atoms. The number of nitrogens with zero attached hydrogens (tertiary/aromatic N) is 5. The van der Waals surface area contributed by atoms with Crippen molar-refractivity contribution in [1.82, 2.24) is 29.8 Å². The molecule has 2 amide bonds. The van der Waals surface area contributed by atoms with Crippen molar-refractivity contribution in [3.63, 3.8) is 0 Å². The number of nitrogens with one attached hydrogen (secondary N) is 2. The first-order valence-corrected chi connectivity index (χ1v) is 13.0. The van der Waals surface area contributed by atoms with E-state index >= 15 is 0 Å². The monoisotopic (exact) mass is 519 g/mol. The Hall–Kier alpha value is -3.83. The molecule has 10 nitrogen and oxygen atoms in total. The standard InChI is InChI=1S/C26H29N7O3S/c1-16-6-5-10-32(16)11-9-27-23(34)18-12-21(17(2)29-13-18)31-24(35)20-14-30-33-15-22(37-26(20)33)19-7-4-8-28-25(19)36-3/h4,7-8,12-16H,5-6,9-11H2,1-3H3,(H,27,34)(H,31,35)/t16-/m0/s1. The van der Waals surface area contributed by atoms with E-state index in [2.05, 4.69) is 37.5 Å². The molecule has 5 rings (SSSR count). The number of rotatable bonds is 8. The van der Waals surface area contributed by atoms with Crippen molar-refractivity contribution in [3.05, 3.63) is 59.8 Å². The van der Waals surface area contributed by atoms with E-state index in [1.165, 1.54) is 36.6 Å². The Bertz CT molecular complexity index is 1450. The topological polar surface area (TPSA) is 114 Å². The Labute approximate surface area is 218 Å². The van der Waals surface area contributed by atoms with E-state index < -0.39 is 0 Å². The first-order valence-electron chi connectivity index (χ1n) is 12.2. The summed E-state index contributed by atoms with van der Waals surface area (Å²) < 4.78 is 7.04. The van der Waals surface area contributed by atoms with E-state index in [1.807, 2.05) is 18.3 Å². The van der Waals surface area contributed by atoms with Gasteiger partial charge in [-0.15, -0.1) is 11.3 Å². The molecule has 11 heteroatoms. The summed E-state index contributed by atoms with van der Waals surface area (Å²) in [5.74, 6) is -0.0344. The Morgan fingerprint density at radius 1 is 1.24 bits per heavy atom.